The first-order chi connectivity index (χ1) is 7.12. The fourth-order valence-corrected chi connectivity index (χ4v) is 2.21. The van der Waals surface area contributed by atoms with Gasteiger partial charge in [0.05, 0.1) is 0 Å². The predicted molar refractivity (Wildman–Crippen MR) is 72.6 cm³/mol. The lowest BCUT2D eigenvalue weighted by molar-refractivity contribution is 0.352. The van der Waals surface area contributed by atoms with Crippen molar-refractivity contribution in [3.63, 3.8) is 0 Å². The van der Waals surface area contributed by atoms with E-state index in [1.165, 1.54) is 5.57 Å². The molecule has 0 aromatic rings. The highest BCUT2D eigenvalue weighted by Crippen LogP contribution is 2.38. The molecule has 0 saturated carbocycles. The maximum Gasteiger partial charge on any atom is 0.0204 e. The molecule has 0 N–H and O–H groups in total. The topological polar surface area (TPSA) is 3.24 Å². The van der Waals surface area contributed by atoms with Crippen LogP contribution in [0.5, 0.6) is 0 Å². The number of allylic oxidation sites excluding steroid dienone is 2. The fraction of sp³-hybridized carbons (Fsp3) is 0.733. The van der Waals surface area contributed by atoms with Gasteiger partial charge in [-0.3, -0.25) is 4.90 Å². The summed E-state index contributed by atoms with van der Waals surface area (Å²) >= 11 is 0. The van der Waals surface area contributed by atoms with E-state index < -0.39 is 0 Å². The van der Waals surface area contributed by atoms with Gasteiger partial charge in [0.25, 0.3) is 0 Å². The zero-order valence-electron chi connectivity index (χ0n) is 12.0. The highest BCUT2D eigenvalue weighted by Gasteiger charge is 2.28. The summed E-state index contributed by atoms with van der Waals surface area (Å²) in [6.07, 6.45) is 4.63. The van der Waals surface area contributed by atoms with Gasteiger partial charge in [0.1, 0.15) is 0 Å². The second kappa shape index (κ2) is 4.37. The van der Waals surface area contributed by atoms with Crippen LogP contribution in [0.4, 0.5) is 0 Å². The molecule has 0 amide bonds. The minimum absolute atomic E-state index is 0.240. The van der Waals surface area contributed by atoms with Crippen LogP contribution >= 0.6 is 0 Å². The Kier molecular flexibility index (Phi) is 3.69. The van der Waals surface area contributed by atoms with Crippen molar-refractivity contribution >= 4 is 0 Å². The Labute approximate surface area is 101 Å². The van der Waals surface area contributed by atoms with Gasteiger partial charge in [-0.25, -0.2) is 0 Å². The van der Waals surface area contributed by atoms with Crippen LogP contribution in [-0.4, -0.2) is 25.0 Å². The summed E-state index contributed by atoms with van der Waals surface area (Å²) in [7, 11) is 2.20. The lowest BCUT2D eigenvalue weighted by Gasteiger charge is -2.33. The highest BCUT2D eigenvalue weighted by molar-refractivity contribution is 5.36. The molecule has 1 heteroatoms. The summed E-state index contributed by atoms with van der Waals surface area (Å²) in [4.78, 5) is 2.38. The summed E-state index contributed by atoms with van der Waals surface area (Å²) in [5.74, 6) is 0. The van der Waals surface area contributed by atoms with E-state index in [2.05, 4.69) is 65.6 Å². The summed E-state index contributed by atoms with van der Waals surface area (Å²) in [6.45, 7) is 16.0. The molecule has 1 nitrogen and oxygen atoms in total. The molecule has 0 atom stereocenters. The minimum Gasteiger partial charge on any atom is -0.299 e. The number of nitrogens with zero attached hydrogens (tertiary/aromatic N) is 1. The van der Waals surface area contributed by atoms with Gasteiger partial charge >= 0.3 is 0 Å². The quantitative estimate of drug-likeness (QED) is 0.600. The fourth-order valence-electron chi connectivity index (χ4n) is 2.21. The summed E-state index contributed by atoms with van der Waals surface area (Å²) in [6, 6.07) is 0. The lowest BCUT2D eigenvalue weighted by atomic mass is 9.75. The van der Waals surface area contributed by atoms with Gasteiger partial charge in [0, 0.05) is 13.1 Å². The molecule has 0 saturated heterocycles. The Morgan fingerprint density at radius 1 is 1.00 bits per heavy atom. The Bertz CT molecular complexity index is 307. The third kappa shape index (κ3) is 3.21. The van der Waals surface area contributed by atoms with E-state index >= 15 is 0 Å². The molecular formula is C15H27N. The van der Waals surface area contributed by atoms with Gasteiger partial charge < -0.3 is 0 Å². The van der Waals surface area contributed by atoms with E-state index in [1.54, 1.807) is 5.57 Å². The van der Waals surface area contributed by atoms with E-state index in [0.29, 0.717) is 0 Å². The summed E-state index contributed by atoms with van der Waals surface area (Å²) in [5, 5.41) is 0. The minimum atomic E-state index is 0.240. The second-order valence-electron chi connectivity index (χ2n) is 6.99. The van der Waals surface area contributed by atoms with E-state index in [1.807, 2.05) is 0 Å². The van der Waals surface area contributed by atoms with Crippen LogP contribution in [0.25, 0.3) is 0 Å². The van der Waals surface area contributed by atoms with Crippen molar-refractivity contribution in [2.24, 2.45) is 10.8 Å². The molecule has 0 radical (unpaired) electrons. The largest absolute Gasteiger partial charge is 0.299 e. The molecule has 0 aliphatic carbocycles. The highest BCUT2D eigenvalue weighted by atomic mass is 15.1. The molecule has 0 aromatic heterocycles. The van der Waals surface area contributed by atoms with Crippen LogP contribution in [0.2, 0.25) is 0 Å². The first-order valence-corrected chi connectivity index (χ1v) is 6.21. The molecule has 16 heavy (non-hydrogen) atoms. The SMILES string of the molecule is CN1CC=CC(C(C)(C)C)=C(C(C)(C)C)C1. The summed E-state index contributed by atoms with van der Waals surface area (Å²) in [5.41, 5.74) is 3.59. The maximum absolute atomic E-state index is 2.38. The molecule has 0 fully saturated rings. The second-order valence-corrected chi connectivity index (χ2v) is 6.99. The van der Waals surface area contributed by atoms with Crippen LogP contribution in [-0.2, 0) is 0 Å². The summed E-state index contributed by atoms with van der Waals surface area (Å²) < 4.78 is 0. The van der Waals surface area contributed by atoms with Crippen LogP contribution < -0.4 is 0 Å². The molecule has 1 rings (SSSR count). The third-order valence-corrected chi connectivity index (χ3v) is 3.17. The molecule has 0 spiro atoms. The van der Waals surface area contributed by atoms with E-state index in [4.69, 9.17) is 0 Å². The van der Waals surface area contributed by atoms with Gasteiger partial charge in [0.2, 0.25) is 0 Å². The molecule has 92 valence electrons. The number of hydrogen-bond acceptors (Lipinski definition) is 1. The van der Waals surface area contributed by atoms with Crippen LogP contribution in [0.15, 0.2) is 23.3 Å². The van der Waals surface area contributed by atoms with E-state index in [9.17, 15) is 0 Å². The molecule has 0 unspecified atom stereocenters. The predicted octanol–water partition coefficient (Wildman–Crippen LogP) is 3.88. The Morgan fingerprint density at radius 2 is 1.56 bits per heavy atom. The van der Waals surface area contributed by atoms with Gasteiger partial charge in [-0.15, -0.1) is 0 Å². The van der Waals surface area contributed by atoms with Crippen molar-refractivity contribution in [1.82, 2.24) is 4.90 Å². The first kappa shape index (κ1) is 13.5. The van der Waals surface area contributed by atoms with Crippen molar-refractivity contribution in [1.29, 1.82) is 0 Å². The first-order valence-electron chi connectivity index (χ1n) is 6.21. The number of likely N-dealkylation sites (N-methyl/N-ethyl adjacent to an activating group) is 1. The van der Waals surface area contributed by atoms with Crippen molar-refractivity contribution in [3.05, 3.63) is 23.3 Å². The van der Waals surface area contributed by atoms with Crippen LogP contribution in [0, 0.1) is 10.8 Å². The van der Waals surface area contributed by atoms with Crippen molar-refractivity contribution in [3.8, 4) is 0 Å². The van der Waals surface area contributed by atoms with Crippen molar-refractivity contribution in [2.45, 2.75) is 41.5 Å². The molecule has 0 bridgehead atoms. The average Bonchev–Trinajstić information content (AvgIpc) is 2.23. The van der Waals surface area contributed by atoms with E-state index in [-0.39, 0.29) is 10.8 Å². The molecular weight excluding hydrogens is 194 g/mol. The van der Waals surface area contributed by atoms with Crippen LogP contribution in [0.1, 0.15) is 41.5 Å². The van der Waals surface area contributed by atoms with Gasteiger partial charge in [-0.2, -0.15) is 0 Å². The normalized spacial score (nSPS) is 20.2. The number of rotatable bonds is 0. The van der Waals surface area contributed by atoms with Gasteiger partial charge in [0.15, 0.2) is 0 Å². The van der Waals surface area contributed by atoms with Gasteiger partial charge in [-0.05, 0) is 29.0 Å². The van der Waals surface area contributed by atoms with Crippen LogP contribution in [0.3, 0.4) is 0 Å². The van der Waals surface area contributed by atoms with Crippen molar-refractivity contribution in [2.75, 3.05) is 20.1 Å². The molecule has 1 aliphatic heterocycles. The zero-order chi connectivity index (χ0) is 12.6. The lowest BCUT2D eigenvalue weighted by Crippen LogP contribution is -2.28. The molecule has 1 aliphatic rings. The third-order valence-electron chi connectivity index (χ3n) is 3.17. The Hall–Kier alpha value is -0.560. The Balaban J connectivity index is 3.27. The average molecular weight is 221 g/mol. The molecule has 1 heterocycles. The smallest absolute Gasteiger partial charge is 0.0204 e. The monoisotopic (exact) mass is 221 g/mol. The maximum atomic E-state index is 2.38. The molecule has 0 aromatic carbocycles. The number of hydrogen-bond donors (Lipinski definition) is 0. The standard InChI is InChI=1S/C15H27N/c1-14(2,3)12-9-8-10-16(7)11-13(12)15(4,5)6/h8-9H,10-11H2,1-7H3. The Morgan fingerprint density at radius 3 is 2.00 bits per heavy atom. The van der Waals surface area contributed by atoms with Crippen molar-refractivity contribution < 1.29 is 0 Å². The van der Waals surface area contributed by atoms with Gasteiger partial charge in [-0.1, -0.05) is 53.7 Å². The van der Waals surface area contributed by atoms with E-state index in [0.717, 1.165) is 13.1 Å². The zero-order valence-corrected chi connectivity index (χ0v) is 12.0.